The van der Waals surface area contributed by atoms with Gasteiger partial charge in [-0.2, -0.15) is 0 Å². The molecule has 1 atom stereocenters. The first kappa shape index (κ1) is 14.3. The van der Waals surface area contributed by atoms with Crippen LogP contribution in [0.5, 0.6) is 5.75 Å². The average Bonchev–Trinajstić information content (AvgIpc) is 3.09. The topological polar surface area (TPSA) is 41.5 Å². The number of rotatable bonds is 6. The van der Waals surface area contributed by atoms with E-state index in [0.29, 0.717) is 12.6 Å². The Bertz CT molecular complexity index is 419. The minimum atomic E-state index is -0.852. The molecule has 0 bridgehead atoms. The molecular formula is C13H17Br2NO2. The third-order valence-electron chi connectivity index (χ3n) is 2.78. The van der Waals surface area contributed by atoms with E-state index in [2.05, 4.69) is 37.2 Å². The molecule has 0 radical (unpaired) electrons. The van der Waals surface area contributed by atoms with Gasteiger partial charge in [-0.05, 0) is 53.9 Å². The minimum Gasteiger partial charge on any atom is -0.489 e. The summed E-state index contributed by atoms with van der Waals surface area (Å²) in [5.74, 6) is 0.741. The van der Waals surface area contributed by atoms with Gasteiger partial charge in [0.1, 0.15) is 18.0 Å². The minimum absolute atomic E-state index is 0.271. The molecule has 1 aromatic rings. The highest BCUT2D eigenvalue weighted by Crippen LogP contribution is 2.28. The van der Waals surface area contributed by atoms with E-state index in [9.17, 15) is 5.11 Å². The second-order valence-electron chi connectivity index (χ2n) is 5.02. The van der Waals surface area contributed by atoms with Crippen molar-refractivity contribution in [1.82, 2.24) is 5.32 Å². The maximum atomic E-state index is 10.2. The normalized spacial score (nSPS) is 18.4. The Morgan fingerprint density at radius 3 is 2.78 bits per heavy atom. The van der Waals surface area contributed by atoms with Gasteiger partial charge >= 0.3 is 0 Å². The third-order valence-corrected chi connectivity index (χ3v) is 3.89. The fourth-order valence-electron chi connectivity index (χ4n) is 1.53. The second kappa shape index (κ2) is 5.90. The van der Waals surface area contributed by atoms with Crippen molar-refractivity contribution in [1.29, 1.82) is 0 Å². The van der Waals surface area contributed by atoms with E-state index in [1.807, 2.05) is 18.2 Å². The van der Waals surface area contributed by atoms with Crippen LogP contribution >= 0.6 is 31.9 Å². The van der Waals surface area contributed by atoms with E-state index >= 15 is 0 Å². The molecule has 2 N–H and O–H groups in total. The first-order chi connectivity index (χ1) is 8.46. The molecule has 1 saturated carbocycles. The molecule has 1 unspecified atom stereocenters. The SMILES string of the molecule is CC(O)(CNC1CC1)COc1ccc(Br)cc1Br. The summed E-state index contributed by atoms with van der Waals surface area (Å²) in [5, 5.41) is 13.5. The summed E-state index contributed by atoms with van der Waals surface area (Å²) < 4.78 is 7.52. The zero-order valence-electron chi connectivity index (χ0n) is 10.2. The van der Waals surface area contributed by atoms with Crippen LogP contribution in [0.3, 0.4) is 0 Å². The smallest absolute Gasteiger partial charge is 0.133 e. The molecule has 1 aliphatic rings. The van der Waals surface area contributed by atoms with Gasteiger partial charge in [-0.3, -0.25) is 0 Å². The largest absolute Gasteiger partial charge is 0.489 e. The quantitative estimate of drug-likeness (QED) is 0.799. The number of benzene rings is 1. The van der Waals surface area contributed by atoms with Crippen LogP contribution in [-0.4, -0.2) is 29.9 Å². The van der Waals surface area contributed by atoms with Crippen LogP contribution in [0.2, 0.25) is 0 Å². The fourth-order valence-corrected chi connectivity index (χ4v) is 2.69. The first-order valence-electron chi connectivity index (χ1n) is 6.00. The lowest BCUT2D eigenvalue weighted by Crippen LogP contribution is -2.43. The molecule has 18 heavy (non-hydrogen) atoms. The molecule has 1 aromatic carbocycles. The number of hydrogen-bond acceptors (Lipinski definition) is 3. The molecule has 1 aliphatic carbocycles. The van der Waals surface area contributed by atoms with Gasteiger partial charge < -0.3 is 15.2 Å². The molecule has 5 heteroatoms. The molecule has 100 valence electrons. The summed E-state index contributed by atoms with van der Waals surface area (Å²) in [6.07, 6.45) is 2.43. The van der Waals surface area contributed by atoms with E-state index in [0.717, 1.165) is 14.7 Å². The summed E-state index contributed by atoms with van der Waals surface area (Å²) in [6, 6.07) is 6.30. The Hall–Kier alpha value is -0.100. The Morgan fingerprint density at radius 2 is 2.17 bits per heavy atom. The van der Waals surface area contributed by atoms with Gasteiger partial charge in [0.15, 0.2) is 0 Å². The molecular weight excluding hydrogens is 362 g/mol. The molecule has 2 rings (SSSR count). The molecule has 3 nitrogen and oxygen atoms in total. The van der Waals surface area contributed by atoms with Crippen molar-refractivity contribution in [3.05, 3.63) is 27.1 Å². The summed E-state index contributed by atoms with van der Waals surface area (Å²) in [4.78, 5) is 0. The van der Waals surface area contributed by atoms with Gasteiger partial charge in [0.05, 0.1) is 4.47 Å². The maximum Gasteiger partial charge on any atom is 0.133 e. The molecule has 0 amide bonds. The molecule has 0 heterocycles. The van der Waals surface area contributed by atoms with Crippen LogP contribution in [0.1, 0.15) is 19.8 Å². The van der Waals surface area contributed by atoms with E-state index < -0.39 is 5.60 Å². The lowest BCUT2D eigenvalue weighted by molar-refractivity contribution is 0.0118. The predicted molar refractivity (Wildman–Crippen MR) is 79.0 cm³/mol. The van der Waals surface area contributed by atoms with E-state index in [1.54, 1.807) is 6.92 Å². The van der Waals surface area contributed by atoms with Crippen LogP contribution in [0.4, 0.5) is 0 Å². The van der Waals surface area contributed by atoms with E-state index in [1.165, 1.54) is 12.8 Å². The number of aliphatic hydroxyl groups is 1. The zero-order valence-corrected chi connectivity index (χ0v) is 13.4. The predicted octanol–water partition coefficient (Wildman–Crippen LogP) is 3.09. The number of ether oxygens (including phenoxy) is 1. The Kier molecular flexibility index (Phi) is 4.69. The van der Waals surface area contributed by atoms with Crippen LogP contribution in [-0.2, 0) is 0 Å². The summed E-state index contributed by atoms with van der Waals surface area (Å²) in [6.45, 7) is 2.62. The molecule has 0 saturated heterocycles. The van der Waals surface area contributed by atoms with Crippen molar-refractivity contribution in [3.63, 3.8) is 0 Å². The van der Waals surface area contributed by atoms with E-state index in [4.69, 9.17) is 4.74 Å². The lowest BCUT2D eigenvalue weighted by atomic mass is 10.1. The average molecular weight is 379 g/mol. The fraction of sp³-hybridized carbons (Fsp3) is 0.538. The van der Waals surface area contributed by atoms with Crippen LogP contribution < -0.4 is 10.1 Å². The highest BCUT2D eigenvalue weighted by atomic mass is 79.9. The van der Waals surface area contributed by atoms with Crippen molar-refractivity contribution in [2.75, 3.05) is 13.2 Å². The summed E-state index contributed by atoms with van der Waals surface area (Å²) in [7, 11) is 0. The van der Waals surface area contributed by atoms with Crippen molar-refractivity contribution in [2.45, 2.75) is 31.4 Å². The van der Waals surface area contributed by atoms with Crippen molar-refractivity contribution in [2.24, 2.45) is 0 Å². The van der Waals surface area contributed by atoms with Gasteiger partial charge in [-0.25, -0.2) is 0 Å². The monoisotopic (exact) mass is 377 g/mol. The van der Waals surface area contributed by atoms with Gasteiger partial charge in [0.25, 0.3) is 0 Å². The Labute approximate surface area is 124 Å². The number of hydrogen-bond donors (Lipinski definition) is 2. The van der Waals surface area contributed by atoms with Crippen molar-refractivity contribution >= 4 is 31.9 Å². The summed E-state index contributed by atoms with van der Waals surface area (Å²) in [5.41, 5.74) is -0.852. The van der Waals surface area contributed by atoms with E-state index in [-0.39, 0.29) is 6.61 Å². The van der Waals surface area contributed by atoms with Crippen molar-refractivity contribution < 1.29 is 9.84 Å². The van der Waals surface area contributed by atoms with Gasteiger partial charge in [0, 0.05) is 17.1 Å². The zero-order chi connectivity index (χ0) is 13.2. The van der Waals surface area contributed by atoms with Crippen molar-refractivity contribution in [3.8, 4) is 5.75 Å². The first-order valence-corrected chi connectivity index (χ1v) is 7.58. The number of nitrogens with one attached hydrogen (secondary N) is 1. The Morgan fingerprint density at radius 1 is 1.44 bits per heavy atom. The van der Waals surface area contributed by atoms with Gasteiger partial charge in [-0.1, -0.05) is 15.9 Å². The molecule has 0 spiro atoms. The second-order valence-corrected chi connectivity index (χ2v) is 6.79. The highest BCUT2D eigenvalue weighted by molar-refractivity contribution is 9.11. The van der Waals surface area contributed by atoms with Crippen LogP contribution in [0.15, 0.2) is 27.1 Å². The molecule has 0 aromatic heterocycles. The van der Waals surface area contributed by atoms with Crippen LogP contribution in [0, 0.1) is 0 Å². The highest BCUT2D eigenvalue weighted by Gasteiger charge is 2.27. The molecule has 1 fully saturated rings. The standard InChI is InChI=1S/C13H17Br2NO2/c1-13(17,7-16-10-3-4-10)8-18-12-5-2-9(14)6-11(12)15/h2,5-6,10,16-17H,3-4,7-8H2,1H3. The summed E-state index contributed by atoms with van der Waals surface area (Å²) >= 11 is 6.82. The third kappa shape index (κ3) is 4.53. The maximum absolute atomic E-state index is 10.2. The molecule has 0 aliphatic heterocycles. The van der Waals surface area contributed by atoms with Crippen LogP contribution in [0.25, 0.3) is 0 Å². The van der Waals surface area contributed by atoms with Gasteiger partial charge in [-0.15, -0.1) is 0 Å². The lowest BCUT2D eigenvalue weighted by Gasteiger charge is -2.24. The Balaban J connectivity index is 1.84. The van der Waals surface area contributed by atoms with Gasteiger partial charge in [0.2, 0.25) is 0 Å². The number of halogens is 2.